The van der Waals surface area contributed by atoms with Crippen LogP contribution in [0.1, 0.15) is 18.4 Å². The Bertz CT molecular complexity index is 439. The van der Waals surface area contributed by atoms with Crippen LogP contribution < -0.4 is 15.4 Å². The maximum Gasteiger partial charge on any atom is 0.228 e. The number of benzene rings is 1. The predicted molar refractivity (Wildman–Crippen MR) is 65.3 cm³/mol. The molecule has 1 amide bonds. The summed E-state index contributed by atoms with van der Waals surface area (Å²) >= 11 is 0. The van der Waals surface area contributed by atoms with E-state index in [1.807, 2.05) is 18.2 Å². The fourth-order valence-electron chi connectivity index (χ4n) is 2.41. The van der Waals surface area contributed by atoms with Crippen LogP contribution in [-0.2, 0) is 11.2 Å². The van der Waals surface area contributed by atoms with Gasteiger partial charge in [-0.2, -0.15) is 0 Å². The van der Waals surface area contributed by atoms with Crippen molar-refractivity contribution in [1.29, 1.82) is 0 Å². The van der Waals surface area contributed by atoms with Gasteiger partial charge < -0.3 is 15.4 Å². The van der Waals surface area contributed by atoms with Crippen LogP contribution in [0.2, 0.25) is 0 Å². The van der Waals surface area contributed by atoms with Crippen LogP contribution in [0.3, 0.4) is 0 Å². The van der Waals surface area contributed by atoms with E-state index in [1.54, 1.807) is 0 Å². The Morgan fingerprint density at radius 3 is 2.88 bits per heavy atom. The second-order valence-corrected chi connectivity index (χ2v) is 4.58. The molecule has 0 aliphatic carbocycles. The van der Waals surface area contributed by atoms with Crippen molar-refractivity contribution in [2.45, 2.75) is 25.4 Å². The van der Waals surface area contributed by atoms with Gasteiger partial charge in [-0.25, -0.2) is 0 Å². The number of para-hydroxylation sites is 1. The van der Waals surface area contributed by atoms with Gasteiger partial charge in [0.05, 0.1) is 12.1 Å². The van der Waals surface area contributed by atoms with E-state index in [1.165, 1.54) is 0 Å². The van der Waals surface area contributed by atoms with Crippen LogP contribution in [-0.4, -0.2) is 25.1 Å². The minimum atomic E-state index is 0.0568. The number of piperidine rings is 1. The quantitative estimate of drug-likeness (QED) is 0.808. The molecule has 4 heteroatoms. The number of nitrogens with one attached hydrogen (secondary N) is 2. The standard InChI is InChI=1S/C13H16N2O2/c16-12-8-9-2-1-3-11(13(9)15-12)17-10-4-6-14-7-5-10/h1-3,10,14H,4-8H2,(H,15,16). The van der Waals surface area contributed by atoms with E-state index in [0.717, 1.165) is 42.9 Å². The Hall–Kier alpha value is -1.55. The summed E-state index contributed by atoms with van der Waals surface area (Å²) in [6, 6.07) is 5.87. The second-order valence-electron chi connectivity index (χ2n) is 4.58. The van der Waals surface area contributed by atoms with Gasteiger partial charge >= 0.3 is 0 Å². The van der Waals surface area contributed by atoms with Crippen molar-refractivity contribution in [3.05, 3.63) is 23.8 Å². The minimum absolute atomic E-state index is 0.0568. The van der Waals surface area contributed by atoms with Crippen LogP contribution in [0, 0.1) is 0 Å². The Kier molecular flexibility index (Phi) is 2.73. The van der Waals surface area contributed by atoms with E-state index in [2.05, 4.69) is 10.6 Å². The molecule has 0 saturated carbocycles. The molecule has 0 aromatic heterocycles. The number of amides is 1. The SMILES string of the molecule is O=C1Cc2cccc(OC3CCNCC3)c2N1. The first-order chi connectivity index (χ1) is 8.33. The Labute approximate surface area is 100 Å². The molecule has 1 aromatic carbocycles. The van der Waals surface area contributed by atoms with Gasteiger partial charge in [0, 0.05) is 0 Å². The highest BCUT2D eigenvalue weighted by Gasteiger charge is 2.23. The van der Waals surface area contributed by atoms with Crippen molar-refractivity contribution in [3.8, 4) is 5.75 Å². The highest BCUT2D eigenvalue weighted by Crippen LogP contribution is 2.34. The van der Waals surface area contributed by atoms with E-state index >= 15 is 0 Å². The number of hydrogen-bond acceptors (Lipinski definition) is 3. The molecule has 2 heterocycles. The molecule has 4 nitrogen and oxygen atoms in total. The van der Waals surface area contributed by atoms with Crippen LogP contribution in [0.25, 0.3) is 0 Å². The van der Waals surface area contributed by atoms with Gasteiger partial charge in [-0.05, 0) is 37.6 Å². The highest BCUT2D eigenvalue weighted by atomic mass is 16.5. The molecule has 0 spiro atoms. The molecule has 17 heavy (non-hydrogen) atoms. The molecule has 90 valence electrons. The lowest BCUT2D eigenvalue weighted by Crippen LogP contribution is -2.34. The Morgan fingerprint density at radius 1 is 1.24 bits per heavy atom. The molecule has 3 rings (SSSR count). The molecule has 0 bridgehead atoms. The molecule has 2 N–H and O–H groups in total. The van der Waals surface area contributed by atoms with Crippen LogP contribution in [0.15, 0.2) is 18.2 Å². The van der Waals surface area contributed by atoms with Gasteiger partial charge in [0.1, 0.15) is 11.9 Å². The van der Waals surface area contributed by atoms with Gasteiger partial charge in [-0.1, -0.05) is 12.1 Å². The van der Waals surface area contributed by atoms with E-state index in [4.69, 9.17) is 4.74 Å². The first kappa shape index (κ1) is 10.6. The van der Waals surface area contributed by atoms with Gasteiger partial charge in [-0.3, -0.25) is 4.79 Å². The maximum absolute atomic E-state index is 11.4. The smallest absolute Gasteiger partial charge is 0.228 e. The van der Waals surface area contributed by atoms with Gasteiger partial charge in [-0.15, -0.1) is 0 Å². The number of ether oxygens (including phenoxy) is 1. The van der Waals surface area contributed by atoms with Crippen LogP contribution in [0.5, 0.6) is 5.75 Å². The summed E-state index contributed by atoms with van der Waals surface area (Å²) in [4.78, 5) is 11.4. The molecule has 1 aromatic rings. The zero-order chi connectivity index (χ0) is 11.7. The lowest BCUT2D eigenvalue weighted by molar-refractivity contribution is -0.115. The van der Waals surface area contributed by atoms with Crippen molar-refractivity contribution in [1.82, 2.24) is 5.32 Å². The second kappa shape index (κ2) is 4.37. The zero-order valence-corrected chi connectivity index (χ0v) is 9.66. The third-order valence-corrected chi connectivity index (χ3v) is 3.31. The predicted octanol–water partition coefficient (Wildman–Crippen LogP) is 1.31. The van der Waals surface area contributed by atoms with Gasteiger partial charge in [0.2, 0.25) is 5.91 Å². The van der Waals surface area contributed by atoms with E-state index in [9.17, 15) is 4.79 Å². The molecule has 1 saturated heterocycles. The molecule has 0 radical (unpaired) electrons. The average molecular weight is 232 g/mol. The van der Waals surface area contributed by atoms with Crippen molar-refractivity contribution in [2.75, 3.05) is 18.4 Å². The first-order valence-electron chi connectivity index (χ1n) is 6.12. The van der Waals surface area contributed by atoms with Crippen LogP contribution in [0.4, 0.5) is 5.69 Å². The third kappa shape index (κ3) is 2.13. The summed E-state index contributed by atoms with van der Waals surface area (Å²) in [6.45, 7) is 2.01. The van der Waals surface area contributed by atoms with Crippen molar-refractivity contribution >= 4 is 11.6 Å². The fourth-order valence-corrected chi connectivity index (χ4v) is 2.41. The Morgan fingerprint density at radius 2 is 2.06 bits per heavy atom. The molecular formula is C13H16N2O2. The molecular weight excluding hydrogens is 216 g/mol. The van der Waals surface area contributed by atoms with Crippen molar-refractivity contribution in [3.63, 3.8) is 0 Å². The zero-order valence-electron chi connectivity index (χ0n) is 9.66. The average Bonchev–Trinajstić information content (AvgIpc) is 2.72. The number of carbonyl (C=O) groups is 1. The number of carbonyl (C=O) groups excluding carboxylic acids is 1. The monoisotopic (exact) mass is 232 g/mol. The number of anilines is 1. The van der Waals surface area contributed by atoms with E-state index < -0.39 is 0 Å². The maximum atomic E-state index is 11.4. The first-order valence-corrected chi connectivity index (χ1v) is 6.12. The van der Waals surface area contributed by atoms with E-state index in [-0.39, 0.29) is 12.0 Å². The molecule has 0 atom stereocenters. The van der Waals surface area contributed by atoms with Crippen LogP contribution >= 0.6 is 0 Å². The van der Waals surface area contributed by atoms with Crippen molar-refractivity contribution < 1.29 is 9.53 Å². The molecule has 1 fully saturated rings. The third-order valence-electron chi connectivity index (χ3n) is 3.31. The van der Waals surface area contributed by atoms with Gasteiger partial charge in [0.15, 0.2) is 0 Å². The number of fused-ring (bicyclic) bond motifs is 1. The summed E-state index contributed by atoms with van der Waals surface area (Å²) in [5.74, 6) is 0.876. The summed E-state index contributed by atoms with van der Waals surface area (Å²) < 4.78 is 5.99. The summed E-state index contributed by atoms with van der Waals surface area (Å²) in [5.41, 5.74) is 1.91. The molecule has 2 aliphatic heterocycles. The highest BCUT2D eigenvalue weighted by molar-refractivity contribution is 6.00. The number of rotatable bonds is 2. The Balaban J connectivity index is 1.79. The lowest BCUT2D eigenvalue weighted by atomic mass is 10.1. The topological polar surface area (TPSA) is 50.4 Å². The molecule has 2 aliphatic rings. The lowest BCUT2D eigenvalue weighted by Gasteiger charge is -2.24. The summed E-state index contributed by atoms with van der Waals surface area (Å²) in [5, 5.41) is 6.19. The number of hydrogen-bond donors (Lipinski definition) is 2. The summed E-state index contributed by atoms with van der Waals surface area (Å²) in [6.07, 6.45) is 2.79. The van der Waals surface area contributed by atoms with Gasteiger partial charge in [0.25, 0.3) is 0 Å². The van der Waals surface area contributed by atoms with Crippen molar-refractivity contribution in [2.24, 2.45) is 0 Å². The largest absolute Gasteiger partial charge is 0.488 e. The van der Waals surface area contributed by atoms with E-state index in [0.29, 0.717) is 6.42 Å². The molecule has 0 unspecified atom stereocenters. The summed E-state index contributed by atoms with van der Waals surface area (Å²) in [7, 11) is 0. The normalized spacial score (nSPS) is 19.9. The fraction of sp³-hybridized carbons (Fsp3) is 0.462. The minimum Gasteiger partial charge on any atom is -0.488 e.